The molecule has 0 radical (unpaired) electrons. The summed E-state index contributed by atoms with van der Waals surface area (Å²) in [7, 11) is 3.24. The number of methoxy groups -OCH3 is 2. The molecule has 0 aliphatic heterocycles. The molecule has 5 aromatic rings. The molecule has 3 heterocycles. The second-order valence-corrected chi connectivity index (χ2v) is 8.26. The number of halogens is 1. The van der Waals surface area contributed by atoms with Gasteiger partial charge in [-0.05, 0) is 42.8 Å². The number of hydrogen-bond acceptors (Lipinski definition) is 7. The van der Waals surface area contributed by atoms with Gasteiger partial charge in [-0.2, -0.15) is 5.10 Å². The Hall–Kier alpha value is -4.53. The topological polar surface area (TPSA) is 87.0 Å². The van der Waals surface area contributed by atoms with Crippen molar-refractivity contribution in [3.63, 3.8) is 0 Å². The normalized spacial score (nSPS) is 11.0. The molecule has 0 aliphatic carbocycles. The summed E-state index contributed by atoms with van der Waals surface area (Å²) in [6.07, 6.45) is 1.69. The summed E-state index contributed by atoms with van der Waals surface area (Å²) in [5, 5.41) is 8.89. The molecule has 1 N–H and O–H groups in total. The van der Waals surface area contributed by atoms with Crippen LogP contribution in [0.1, 0.15) is 16.8 Å². The van der Waals surface area contributed by atoms with E-state index in [1.54, 1.807) is 43.3 Å². The molecule has 9 heteroatoms. The number of nitrogens with one attached hydrogen (secondary N) is 1. The third-order valence-electron chi connectivity index (χ3n) is 5.74. The first-order valence-corrected chi connectivity index (χ1v) is 11.4. The van der Waals surface area contributed by atoms with E-state index in [0.717, 1.165) is 16.6 Å². The van der Waals surface area contributed by atoms with Gasteiger partial charge in [0.2, 0.25) is 0 Å². The van der Waals surface area contributed by atoms with Crippen LogP contribution in [0.4, 0.5) is 10.2 Å². The van der Waals surface area contributed by atoms with Gasteiger partial charge in [0.25, 0.3) is 0 Å². The molecule has 0 saturated carbocycles. The largest absolute Gasteiger partial charge is 0.497 e. The third-order valence-corrected chi connectivity index (χ3v) is 5.74. The van der Waals surface area contributed by atoms with Crippen molar-refractivity contribution in [1.29, 1.82) is 0 Å². The second kappa shape index (κ2) is 9.99. The van der Waals surface area contributed by atoms with Crippen LogP contribution in [0.25, 0.3) is 22.6 Å². The number of fused-ring (bicyclic) bond motifs is 1. The zero-order valence-electron chi connectivity index (χ0n) is 20.2. The molecule has 0 bridgehead atoms. The maximum atomic E-state index is 14.3. The van der Waals surface area contributed by atoms with Crippen LogP contribution in [0.5, 0.6) is 11.5 Å². The van der Waals surface area contributed by atoms with Crippen LogP contribution in [-0.4, -0.2) is 39.0 Å². The van der Waals surface area contributed by atoms with E-state index in [9.17, 15) is 4.39 Å². The lowest BCUT2D eigenvalue weighted by Gasteiger charge is -2.11. The third kappa shape index (κ3) is 4.81. The molecule has 3 aromatic heterocycles. The highest BCUT2D eigenvalue weighted by molar-refractivity contribution is 5.89. The molecule has 182 valence electrons. The van der Waals surface area contributed by atoms with Crippen molar-refractivity contribution in [3.05, 3.63) is 89.5 Å². The maximum Gasteiger partial charge on any atom is 0.183 e. The summed E-state index contributed by atoms with van der Waals surface area (Å²) in [6, 6.07) is 18.0. The van der Waals surface area contributed by atoms with Crippen LogP contribution in [0, 0.1) is 12.7 Å². The number of ether oxygens (including phenoxy) is 2. The molecule has 5 rings (SSSR count). The number of aromatic nitrogens is 5. The van der Waals surface area contributed by atoms with Gasteiger partial charge in [0, 0.05) is 36.1 Å². The number of pyridine rings is 1. The molecule has 2 aromatic carbocycles. The van der Waals surface area contributed by atoms with E-state index in [0.29, 0.717) is 46.6 Å². The zero-order valence-corrected chi connectivity index (χ0v) is 20.2. The summed E-state index contributed by atoms with van der Waals surface area (Å²) in [5.74, 6) is 2.26. The van der Waals surface area contributed by atoms with Crippen molar-refractivity contribution >= 4 is 16.9 Å². The van der Waals surface area contributed by atoms with Crippen LogP contribution >= 0.6 is 0 Å². The standard InChI is InChI=1S/C27H25FN6O2/c1-17-11-24(30-15-18-12-20(35-2)14-21(13-18)36-3)32-26(31-17)25-22-8-6-10-29-27(22)34(33-25)16-19-7-4-5-9-23(19)28/h4-14H,15-16H2,1-3H3,(H,30,31,32). The van der Waals surface area contributed by atoms with Crippen LogP contribution in [-0.2, 0) is 13.1 Å². The van der Waals surface area contributed by atoms with E-state index in [1.807, 2.05) is 43.3 Å². The minimum atomic E-state index is -0.286. The first-order valence-electron chi connectivity index (χ1n) is 11.4. The molecule has 0 amide bonds. The molecule has 0 unspecified atom stereocenters. The van der Waals surface area contributed by atoms with Gasteiger partial charge in [-0.1, -0.05) is 18.2 Å². The van der Waals surface area contributed by atoms with Gasteiger partial charge in [-0.3, -0.25) is 0 Å². The smallest absolute Gasteiger partial charge is 0.183 e. The Morgan fingerprint density at radius 1 is 0.944 bits per heavy atom. The Labute approximate surface area is 207 Å². The monoisotopic (exact) mass is 484 g/mol. The zero-order chi connectivity index (χ0) is 25.1. The summed E-state index contributed by atoms with van der Waals surface area (Å²) in [5.41, 5.74) is 3.52. The lowest BCUT2D eigenvalue weighted by molar-refractivity contribution is 0.393. The highest BCUT2D eigenvalue weighted by Gasteiger charge is 2.17. The van der Waals surface area contributed by atoms with Gasteiger partial charge in [0.15, 0.2) is 11.5 Å². The van der Waals surface area contributed by atoms with Crippen molar-refractivity contribution in [2.24, 2.45) is 0 Å². The van der Waals surface area contributed by atoms with Crippen molar-refractivity contribution in [2.45, 2.75) is 20.0 Å². The lowest BCUT2D eigenvalue weighted by atomic mass is 10.2. The van der Waals surface area contributed by atoms with Crippen molar-refractivity contribution in [1.82, 2.24) is 24.7 Å². The number of nitrogens with zero attached hydrogens (tertiary/aromatic N) is 5. The van der Waals surface area contributed by atoms with E-state index in [2.05, 4.69) is 15.3 Å². The van der Waals surface area contributed by atoms with Crippen LogP contribution in [0.3, 0.4) is 0 Å². The minimum absolute atomic E-state index is 0.245. The summed E-state index contributed by atoms with van der Waals surface area (Å²) in [4.78, 5) is 13.9. The Morgan fingerprint density at radius 3 is 2.47 bits per heavy atom. The Kier molecular flexibility index (Phi) is 6.44. The maximum absolute atomic E-state index is 14.3. The summed E-state index contributed by atoms with van der Waals surface area (Å²) >= 11 is 0. The SMILES string of the molecule is COc1cc(CNc2cc(C)nc(-c3nn(Cc4ccccc4F)c4ncccc34)n2)cc(OC)c1. The molecule has 0 spiro atoms. The van der Waals surface area contributed by atoms with Crippen molar-refractivity contribution < 1.29 is 13.9 Å². The van der Waals surface area contributed by atoms with Crippen LogP contribution in [0.15, 0.2) is 66.9 Å². The Morgan fingerprint density at radius 2 is 1.72 bits per heavy atom. The molecule has 36 heavy (non-hydrogen) atoms. The van der Waals surface area contributed by atoms with Gasteiger partial charge in [-0.25, -0.2) is 24.0 Å². The number of rotatable bonds is 8. The van der Waals surface area contributed by atoms with Crippen molar-refractivity contribution in [2.75, 3.05) is 19.5 Å². The predicted molar refractivity (Wildman–Crippen MR) is 136 cm³/mol. The fourth-order valence-electron chi connectivity index (χ4n) is 4.00. The fraction of sp³-hybridized carbons (Fsp3) is 0.185. The van der Waals surface area contributed by atoms with Gasteiger partial charge in [0.05, 0.1) is 26.2 Å². The molecule has 0 saturated heterocycles. The van der Waals surface area contributed by atoms with E-state index in [4.69, 9.17) is 19.6 Å². The molecule has 0 aliphatic rings. The highest BCUT2D eigenvalue weighted by Crippen LogP contribution is 2.27. The van der Waals surface area contributed by atoms with E-state index in [-0.39, 0.29) is 12.4 Å². The van der Waals surface area contributed by atoms with E-state index >= 15 is 0 Å². The number of benzene rings is 2. The average molecular weight is 485 g/mol. The number of anilines is 1. The molecule has 8 nitrogen and oxygen atoms in total. The number of aryl methyl sites for hydroxylation is 1. The van der Waals surface area contributed by atoms with E-state index in [1.165, 1.54) is 6.07 Å². The predicted octanol–water partition coefficient (Wildman–Crippen LogP) is 5.01. The van der Waals surface area contributed by atoms with Gasteiger partial charge < -0.3 is 14.8 Å². The molecular weight excluding hydrogens is 459 g/mol. The van der Waals surface area contributed by atoms with Crippen LogP contribution in [0.2, 0.25) is 0 Å². The van der Waals surface area contributed by atoms with Gasteiger partial charge in [-0.15, -0.1) is 0 Å². The Balaban J connectivity index is 1.47. The fourth-order valence-corrected chi connectivity index (χ4v) is 4.00. The summed E-state index contributed by atoms with van der Waals surface area (Å²) < 4.78 is 26.7. The van der Waals surface area contributed by atoms with Gasteiger partial charge in [0.1, 0.15) is 28.8 Å². The molecule has 0 fully saturated rings. The average Bonchev–Trinajstić information content (AvgIpc) is 3.26. The Bertz CT molecular complexity index is 1510. The van der Waals surface area contributed by atoms with Gasteiger partial charge >= 0.3 is 0 Å². The van der Waals surface area contributed by atoms with Crippen molar-refractivity contribution in [3.8, 4) is 23.0 Å². The molecule has 0 atom stereocenters. The highest BCUT2D eigenvalue weighted by atomic mass is 19.1. The summed E-state index contributed by atoms with van der Waals surface area (Å²) in [6.45, 7) is 2.66. The lowest BCUT2D eigenvalue weighted by Crippen LogP contribution is -2.06. The quantitative estimate of drug-likeness (QED) is 0.331. The molecular formula is C27H25FN6O2. The van der Waals surface area contributed by atoms with E-state index < -0.39 is 0 Å². The second-order valence-electron chi connectivity index (χ2n) is 8.26. The number of hydrogen-bond donors (Lipinski definition) is 1. The van der Waals surface area contributed by atoms with Crippen LogP contribution < -0.4 is 14.8 Å². The first-order chi connectivity index (χ1) is 17.5. The minimum Gasteiger partial charge on any atom is -0.497 e. The first kappa shape index (κ1) is 23.2.